The molecule has 0 saturated carbocycles. The molecule has 2 rings (SSSR count). The van der Waals surface area contributed by atoms with E-state index in [-0.39, 0.29) is 21.5 Å². The first-order valence-electron chi connectivity index (χ1n) is 4.81. The van der Waals surface area contributed by atoms with Crippen LogP contribution < -0.4 is 4.74 Å². The minimum atomic E-state index is -1.14. The molecule has 0 fully saturated rings. The molecule has 0 unspecified atom stereocenters. The van der Waals surface area contributed by atoms with E-state index in [0.29, 0.717) is 0 Å². The highest BCUT2D eigenvalue weighted by molar-refractivity contribution is 7.15. The van der Waals surface area contributed by atoms with E-state index in [1.807, 2.05) is 0 Å². The van der Waals surface area contributed by atoms with Gasteiger partial charge in [-0.3, -0.25) is 0 Å². The molecule has 0 saturated heterocycles. The van der Waals surface area contributed by atoms with Crippen molar-refractivity contribution in [3.05, 3.63) is 40.4 Å². The van der Waals surface area contributed by atoms with Gasteiger partial charge in [-0.25, -0.2) is 18.6 Å². The molecule has 7 heteroatoms. The molecule has 1 aromatic carbocycles. The Bertz CT molecular complexity index is 612. The van der Waals surface area contributed by atoms with E-state index in [1.165, 1.54) is 6.92 Å². The SMILES string of the molecule is Cc1nc(Oc2cc(F)ccc2F)sc1C(=O)O. The number of hydrogen-bond donors (Lipinski definition) is 1. The minimum absolute atomic E-state index is 0.00168. The van der Waals surface area contributed by atoms with Gasteiger partial charge in [0.25, 0.3) is 5.19 Å². The molecule has 0 spiro atoms. The Morgan fingerprint density at radius 3 is 2.78 bits per heavy atom. The Kier molecular flexibility index (Phi) is 3.24. The van der Waals surface area contributed by atoms with Crippen molar-refractivity contribution in [1.82, 2.24) is 4.98 Å². The average molecular weight is 271 g/mol. The summed E-state index contributed by atoms with van der Waals surface area (Å²) in [6.07, 6.45) is 0. The van der Waals surface area contributed by atoms with Crippen molar-refractivity contribution in [2.75, 3.05) is 0 Å². The normalized spacial score (nSPS) is 10.4. The zero-order valence-electron chi connectivity index (χ0n) is 9.11. The van der Waals surface area contributed by atoms with Crippen LogP contribution in [0.5, 0.6) is 10.9 Å². The fourth-order valence-electron chi connectivity index (χ4n) is 1.26. The molecule has 0 amide bonds. The molecule has 1 aromatic heterocycles. The minimum Gasteiger partial charge on any atom is -0.477 e. The quantitative estimate of drug-likeness (QED) is 0.931. The third-order valence-corrected chi connectivity index (χ3v) is 3.09. The van der Waals surface area contributed by atoms with E-state index in [9.17, 15) is 13.6 Å². The van der Waals surface area contributed by atoms with Crippen LogP contribution in [0.2, 0.25) is 0 Å². The number of carboxylic acids is 1. The third kappa shape index (κ3) is 2.45. The Balaban J connectivity index is 2.31. The summed E-state index contributed by atoms with van der Waals surface area (Å²) in [5.41, 5.74) is 0.263. The second-order valence-corrected chi connectivity index (χ2v) is 4.34. The molecule has 0 aliphatic heterocycles. The highest BCUT2D eigenvalue weighted by Gasteiger charge is 2.16. The van der Waals surface area contributed by atoms with Crippen LogP contribution in [-0.2, 0) is 0 Å². The van der Waals surface area contributed by atoms with Crippen molar-refractivity contribution in [3.8, 4) is 10.9 Å². The maximum absolute atomic E-state index is 13.3. The lowest BCUT2D eigenvalue weighted by atomic mass is 10.3. The molecular formula is C11H7F2NO3S. The largest absolute Gasteiger partial charge is 0.477 e. The van der Waals surface area contributed by atoms with Crippen LogP contribution >= 0.6 is 11.3 Å². The number of nitrogens with zero attached hydrogens (tertiary/aromatic N) is 1. The van der Waals surface area contributed by atoms with E-state index >= 15 is 0 Å². The lowest BCUT2D eigenvalue weighted by Gasteiger charge is -2.02. The van der Waals surface area contributed by atoms with E-state index in [2.05, 4.69) is 4.98 Å². The molecular weight excluding hydrogens is 264 g/mol. The number of thiazole rings is 1. The Labute approximate surface area is 104 Å². The zero-order chi connectivity index (χ0) is 13.3. The van der Waals surface area contributed by atoms with Gasteiger partial charge in [-0.1, -0.05) is 11.3 Å². The first-order valence-corrected chi connectivity index (χ1v) is 5.62. The molecule has 18 heavy (non-hydrogen) atoms. The highest BCUT2D eigenvalue weighted by Crippen LogP contribution is 2.30. The van der Waals surface area contributed by atoms with Crippen LogP contribution in [0.1, 0.15) is 15.4 Å². The summed E-state index contributed by atoms with van der Waals surface area (Å²) >= 11 is 0.755. The number of carboxylic acid groups (broad SMARTS) is 1. The van der Waals surface area contributed by atoms with Gasteiger partial charge in [-0.05, 0) is 19.1 Å². The van der Waals surface area contributed by atoms with Crippen molar-refractivity contribution >= 4 is 17.3 Å². The predicted octanol–water partition coefficient (Wildman–Crippen LogP) is 3.22. The van der Waals surface area contributed by atoms with Crippen LogP contribution in [-0.4, -0.2) is 16.1 Å². The number of carbonyl (C=O) groups is 1. The predicted molar refractivity (Wildman–Crippen MR) is 60.2 cm³/mol. The first kappa shape index (κ1) is 12.4. The van der Waals surface area contributed by atoms with Crippen molar-refractivity contribution in [1.29, 1.82) is 0 Å². The number of aromatic carboxylic acids is 1. The summed E-state index contributed by atoms with van der Waals surface area (Å²) in [6, 6.07) is 2.74. The number of halogens is 2. The molecule has 94 valence electrons. The van der Waals surface area contributed by atoms with Gasteiger partial charge in [0.05, 0.1) is 5.69 Å². The van der Waals surface area contributed by atoms with E-state index < -0.39 is 17.6 Å². The molecule has 1 N–H and O–H groups in total. The van der Waals surface area contributed by atoms with Crippen LogP contribution in [0.4, 0.5) is 8.78 Å². The number of benzene rings is 1. The summed E-state index contributed by atoms with van der Waals surface area (Å²) < 4.78 is 31.2. The zero-order valence-corrected chi connectivity index (χ0v) is 9.92. The standard InChI is InChI=1S/C11H7F2NO3S/c1-5-9(10(15)16)18-11(14-5)17-8-4-6(12)2-3-7(8)13/h2-4H,1H3,(H,15,16). The van der Waals surface area contributed by atoms with Crippen molar-refractivity contribution in [2.45, 2.75) is 6.92 Å². The molecule has 4 nitrogen and oxygen atoms in total. The van der Waals surface area contributed by atoms with E-state index in [1.54, 1.807) is 0 Å². The molecule has 0 bridgehead atoms. The highest BCUT2D eigenvalue weighted by atomic mass is 32.1. The smallest absolute Gasteiger partial charge is 0.347 e. The second-order valence-electron chi connectivity index (χ2n) is 3.38. The van der Waals surface area contributed by atoms with Crippen molar-refractivity contribution in [2.24, 2.45) is 0 Å². The number of rotatable bonds is 3. The number of aryl methyl sites for hydroxylation is 1. The number of hydrogen-bond acceptors (Lipinski definition) is 4. The van der Waals surface area contributed by atoms with Crippen molar-refractivity contribution < 1.29 is 23.4 Å². The Morgan fingerprint density at radius 2 is 2.17 bits per heavy atom. The monoisotopic (exact) mass is 271 g/mol. The number of ether oxygens (including phenoxy) is 1. The molecule has 1 heterocycles. The van der Waals surface area contributed by atoms with Crippen LogP contribution in [0, 0.1) is 18.6 Å². The van der Waals surface area contributed by atoms with Gasteiger partial charge in [0.15, 0.2) is 11.6 Å². The molecule has 0 atom stereocenters. The van der Waals surface area contributed by atoms with Gasteiger partial charge in [-0.15, -0.1) is 0 Å². The summed E-state index contributed by atoms with van der Waals surface area (Å²) in [5.74, 6) is -2.88. The lowest BCUT2D eigenvalue weighted by molar-refractivity contribution is 0.0701. The first-order chi connectivity index (χ1) is 8.47. The maximum atomic E-state index is 13.3. The third-order valence-electron chi connectivity index (χ3n) is 2.06. The summed E-state index contributed by atoms with van der Waals surface area (Å²) in [4.78, 5) is 14.6. The second kappa shape index (κ2) is 4.69. The van der Waals surface area contributed by atoms with Crippen molar-refractivity contribution in [3.63, 3.8) is 0 Å². The van der Waals surface area contributed by atoms with Crippen LogP contribution in [0.3, 0.4) is 0 Å². The van der Waals surface area contributed by atoms with Gasteiger partial charge >= 0.3 is 5.97 Å². The van der Waals surface area contributed by atoms with Gasteiger partial charge in [0.2, 0.25) is 0 Å². The van der Waals surface area contributed by atoms with Gasteiger partial charge in [-0.2, -0.15) is 0 Å². The fraction of sp³-hybridized carbons (Fsp3) is 0.0909. The van der Waals surface area contributed by atoms with Crippen LogP contribution in [0.25, 0.3) is 0 Å². The molecule has 0 radical (unpaired) electrons. The lowest BCUT2D eigenvalue weighted by Crippen LogP contribution is -1.94. The van der Waals surface area contributed by atoms with E-state index in [4.69, 9.17) is 9.84 Å². The summed E-state index contributed by atoms with van der Waals surface area (Å²) in [7, 11) is 0. The van der Waals surface area contributed by atoms with Crippen LogP contribution in [0.15, 0.2) is 18.2 Å². The fourth-order valence-corrected chi connectivity index (χ4v) is 2.03. The molecule has 0 aliphatic rings. The molecule has 2 aromatic rings. The van der Waals surface area contributed by atoms with Gasteiger partial charge in [0.1, 0.15) is 10.7 Å². The molecule has 0 aliphatic carbocycles. The summed E-state index contributed by atoms with van der Waals surface area (Å²) in [5, 5.41) is 8.78. The maximum Gasteiger partial charge on any atom is 0.347 e. The van der Waals surface area contributed by atoms with Gasteiger partial charge < -0.3 is 9.84 Å². The van der Waals surface area contributed by atoms with E-state index in [0.717, 1.165) is 29.5 Å². The summed E-state index contributed by atoms with van der Waals surface area (Å²) in [6.45, 7) is 1.49. The number of aromatic nitrogens is 1. The van der Waals surface area contributed by atoms with Gasteiger partial charge in [0, 0.05) is 6.07 Å². The Morgan fingerprint density at radius 1 is 1.44 bits per heavy atom. The average Bonchev–Trinajstić information content (AvgIpc) is 2.65. The Hall–Kier alpha value is -2.02. The topological polar surface area (TPSA) is 59.4 Å².